The van der Waals surface area contributed by atoms with Crippen LogP contribution in [0.15, 0.2) is 18.5 Å². The summed E-state index contributed by atoms with van der Waals surface area (Å²) in [5.74, 6) is 0.955. The summed E-state index contributed by atoms with van der Waals surface area (Å²) in [7, 11) is 0. The smallest absolute Gasteiger partial charge is 0.379 e. The van der Waals surface area contributed by atoms with E-state index in [0.29, 0.717) is 11.3 Å². The zero-order valence-corrected chi connectivity index (χ0v) is 19.2. The number of pyridine rings is 1. The molecular formula is C24H31F3N4O. The predicted molar refractivity (Wildman–Crippen MR) is 115 cm³/mol. The van der Waals surface area contributed by atoms with Gasteiger partial charge >= 0.3 is 6.18 Å². The van der Waals surface area contributed by atoms with Gasteiger partial charge in [-0.2, -0.15) is 13.2 Å². The van der Waals surface area contributed by atoms with Crippen molar-refractivity contribution in [1.82, 2.24) is 19.4 Å². The van der Waals surface area contributed by atoms with Gasteiger partial charge in [0.15, 0.2) is 0 Å². The maximum atomic E-state index is 13.5. The third kappa shape index (κ3) is 3.55. The van der Waals surface area contributed by atoms with Crippen molar-refractivity contribution >= 4 is 0 Å². The van der Waals surface area contributed by atoms with E-state index in [-0.39, 0.29) is 22.2 Å². The number of rotatable bonds is 4. The maximum Gasteiger partial charge on any atom is 0.418 e. The van der Waals surface area contributed by atoms with Gasteiger partial charge in [0.25, 0.3) is 0 Å². The zero-order chi connectivity index (χ0) is 22.9. The van der Waals surface area contributed by atoms with Gasteiger partial charge in [0, 0.05) is 48.7 Å². The minimum atomic E-state index is -4.43. The van der Waals surface area contributed by atoms with Crippen LogP contribution in [0.3, 0.4) is 0 Å². The van der Waals surface area contributed by atoms with Gasteiger partial charge in [-0.1, -0.05) is 20.8 Å². The minimum absolute atomic E-state index is 0.0116. The molecule has 4 fully saturated rings. The fraction of sp³-hybridized carbons (Fsp3) is 0.667. The second-order valence-corrected chi connectivity index (χ2v) is 11.1. The molecule has 174 valence electrons. The molecule has 4 aliphatic rings. The quantitative estimate of drug-likeness (QED) is 0.672. The lowest BCUT2D eigenvalue weighted by molar-refractivity contribution is -0.221. The zero-order valence-electron chi connectivity index (χ0n) is 19.2. The second kappa shape index (κ2) is 7.03. The van der Waals surface area contributed by atoms with Crippen LogP contribution in [0.4, 0.5) is 13.2 Å². The predicted octanol–water partition coefficient (Wildman–Crippen LogP) is 4.82. The summed E-state index contributed by atoms with van der Waals surface area (Å²) in [6, 6.07) is 1.19. The first-order valence-electron chi connectivity index (χ1n) is 11.4. The molecule has 0 radical (unpaired) electrons. The highest BCUT2D eigenvalue weighted by molar-refractivity contribution is 5.60. The molecule has 2 bridgehead atoms. The van der Waals surface area contributed by atoms with Crippen LogP contribution in [0.5, 0.6) is 0 Å². The first-order chi connectivity index (χ1) is 14.9. The highest BCUT2D eigenvalue weighted by Crippen LogP contribution is 2.68. The van der Waals surface area contributed by atoms with E-state index in [9.17, 15) is 13.2 Å². The molecule has 1 saturated heterocycles. The second-order valence-electron chi connectivity index (χ2n) is 11.1. The Bertz CT molecular complexity index is 1010. The molecule has 0 aromatic carbocycles. The number of alkyl halides is 3. The Morgan fingerprint density at radius 1 is 1.06 bits per heavy atom. The molecule has 3 saturated carbocycles. The number of ether oxygens (including phenoxy) is 1. The van der Waals surface area contributed by atoms with Gasteiger partial charge in [-0.25, -0.2) is 4.98 Å². The Hall–Kier alpha value is -1.93. The van der Waals surface area contributed by atoms with Crippen LogP contribution in [0.2, 0.25) is 0 Å². The molecule has 6 rings (SSSR count). The summed E-state index contributed by atoms with van der Waals surface area (Å²) >= 11 is 0. The third-order valence-corrected chi connectivity index (χ3v) is 7.32. The van der Waals surface area contributed by atoms with Crippen molar-refractivity contribution in [2.24, 2.45) is 5.41 Å². The molecule has 5 nitrogen and oxygen atoms in total. The topological polar surface area (TPSA) is 43.2 Å². The van der Waals surface area contributed by atoms with E-state index < -0.39 is 11.7 Å². The van der Waals surface area contributed by atoms with Crippen LogP contribution in [0.25, 0.3) is 11.3 Å². The van der Waals surface area contributed by atoms with Crippen molar-refractivity contribution in [1.29, 1.82) is 0 Å². The molecule has 0 atom stereocenters. The largest absolute Gasteiger partial charge is 0.418 e. The number of aryl methyl sites for hydroxylation is 1. The fourth-order valence-electron chi connectivity index (χ4n) is 5.84. The van der Waals surface area contributed by atoms with Crippen molar-refractivity contribution in [3.8, 4) is 11.3 Å². The molecular weight excluding hydrogens is 417 g/mol. The molecule has 3 aliphatic carbocycles. The van der Waals surface area contributed by atoms with Crippen LogP contribution < -0.4 is 0 Å². The first kappa shape index (κ1) is 21.9. The summed E-state index contributed by atoms with van der Waals surface area (Å²) in [5, 5.41) is 0. The van der Waals surface area contributed by atoms with Crippen LogP contribution in [0.1, 0.15) is 57.1 Å². The van der Waals surface area contributed by atoms with Crippen molar-refractivity contribution in [3.63, 3.8) is 0 Å². The van der Waals surface area contributed by atoms with Crippen molar-refractivity contribution < 1.29 is 17.9 Å². The number of hydrogen-bond acceptors (Lipinski definition) is 4. The average Bonchev–Trinajstić information content (AvgIpc) is 3.02. The van der Waals surface area contributed by atoms with Gasteiger partial charge < -0.3 is 9.30 Å². The molecule has 0 amide bonds. The van der Waals surface area contributed by atoms with E-state index in [0.717, 1.165) is 57.8 Å². The number of imidazole rings is 1. The Labute approximate surface area is 187 Å². The van der Waals surface area contributed by atoms with Crippen molar-refractivity contribution in [3.05, 3.63) is 35.5 Å². The molecule has 0 unspecified atom stereocenters. The number of hydrogen-bond donors (Lipinski definition) is 0. The maximum absolute atomic E-state index is 13.5. The Balaban J connectivity index is 1.47. The molecule has 3 heterocycles. The molecule has 0 spiro atoms. The molecule has 32 heavy (non-hydrogen) atoms. The standard InChI is InChI=1S/C24H31F3N4O/c1-16-18(24(25,26)27)9-17(11-28-16)19-12-31(20(29-19)10-21(2,3)4)23-13-22(14-23,15-23)30-5-7-32-8-6-30/h9,11-12H,5-8,10,13-15H2,1-4H3. The molecule has 0 N–H and O–H groups in total. The number of morpholine rings is 1. The average molecular weight is 449 g/mol. The fourth-order valence-corrected chi connectivity index (χ4v) is 5.84. The SMILES string of the molecule is Cc1ncc(-c2cn(C34CC(N5CCOCC5)(C3)C4)c(CC(C)(C)C)n2)cc1C(F)(F)F. The van der Waals surface area contributed by atoms with E-state index in [4.69, 9.17) is 9.72 Å². The van der Waals surface area contributed by atoms with E-state index in [2.05, 4.69) is 35.2 Å². The minimum Gasteiger partial charge on any atom is -0.379 e. The van der Waals surface area contributed by atoms with Crippen LogP contribution in [0, 0.1) is 12.3 Å². The number of nitrogens with zero attached hydrogens (tertiary/aromatic N) is 4. The lowest BCUT2D eigenvalue weighted by atomic mass is 9.43. The highest BCUT2D eigenvalue weighted by atomic mass is 19.4. The Kier molecular flexibility index (Phi) is 4.81. The lowest BCUT2D eigenvalue weighted by Gasteiger charge is -2.74. The van der Waals surface area contributed by atoms with Gasteiger partial charge in [-0.3, -0.25) is 9.88 Å². The molecule has 2 aromatic rings. The molecule has 1 aliphatic heterocycles. The summed E-state index contributed by atoms with van der Waals surface area (Å²) in [5.41, 5.74) is 0.617. The number of halogens is 3. The van der Waals surface area contributed by atoms with Crippen molar-refractivity contribution in [2.75, 3.05) is 26.3 Å². The van der Waals surface area contributed by atoms with Gasteiger partial charge in [0.1, 0.15) is 5.82 Å². The normalized spacial score (nSPS) is 28.3. The van der Waals surface area contributed by atoms with Crippen molar-refractivity contribution in [2.45, 2.75) is 70.6 Å². The summed E-state index contributed by atoms with van der Waals surface area (Å²) in [6.07, 6.45) is 3.05. The van der Waals surface area contributed by atoms with Gasteiger partial charge in [-0.15, -0.1) is 0 Å². The summed E-state index contributed by atoms with van der Waals surface area (Å²) < 4.78 is 48.1. The molecule has 8 heteroatoms. The van der Waals surface area contributed by atoms with Crippen LogP contribution >= 0.6 is 0 Å². The monoisotopic (exact) mass is 448 g/mol. The van der Waals surface area contributed by atoms with E-state index in [1.165, 1.54) is 19.2 Å². The summed E-state index contributed by atoms with van der Waals surface area (Å²) in [4.78, 5) is 11.4. The Morgan fingerprint density at radius 2 is 1.72 bits per heavy atom. The molecule has 2 aromatic heterocycles. The van der Waals surface area contributed by atoms with Gasteiger partial charge in [-0.05, 0) is 37.7 Å². The van der Waals surface area contributed by atoms with Crippen LogP contribution in [-0.4, -0.2) is 51.3 Å². The first-order valence-corrected chi connectivity index (χ1v) is 11.4. The van der Waals surface area contributed by atoms with Crippen LogP contribution in [-0.2, 0) is 22.9 Å². The number of aromatic nitrogens is 3. The van der Waals surface area contributed by atoms with E-state index in [1.807, 2.05) is 6.20 Å². The van der Waals surface area contributed by atoms with Gasteiger partial charge in [0.05, 0.1) is 30.0 Å². The highest BCUT2D eigenvalue weighted by Gasteiger charge is 2.71. The third-order valence-electron chi connectivity index (χ3n) is 7.32. The van der Waals surface area contributed by atoms with Gasteiger partial charge in [0.2, 0.25) is 0 Å². The summed E-state index contributed by atoms with van der Waals surface area (Å²) in [6.45, 7) is 11.4. The lowest BCUT2D eigenvalue weighted by Crippen LogP contribution is -2.79. The van der Waals surface area contributed by atoms with E-state index in [1.54, 1.807) is 0 Å². The van der Waals surface area contributed by atoms with E-state index >= 15 is 0 Å². The Morgan fingerprint density at radius 3 is 2.31 bits per heavy atom.